The molecule has 4 heteroatoms. The molecular weight excluding hydrogens is 204 g/mol. The van der Waals surface area contributed by atoms with E-state index in [1.165, 1.54) is 0 Å². The van der Waals surface area contributed by atoms with Crippen LogP contribution in [-0.2, 0) is 9.53 Å². The number of carbonyl (C=O) groups is 1. The lowest BCUT2D eigenvalue weighted by atomic mass is 9.98. The Morgan fingerprint density at radius 1 is 1.44 bits per heavy atom. The number of amides is 1. The molecule has 1 saturated heterocycles. The molecule has 4 nitrogen and oxygen atoms in total. The standard InChI is InChI=1S/C12H18N2O2/c1-14-10(6-9-7-16-8-9)13-12(11(14)15)4-2-3-5-12/h9H,2-8H2,1H3. The fourth-order valence-corrected chi connectivity index (χ4v) is 2.93. The van der Waals surface area contributed by atoms with Crippen LogP contribution in [-0.4, -0.2) is 42.4 Å². The molecule has 1 aliphatic carbocycles. The maximum absolute atomic E-state index is 12.2. The average Bonchev–Trinajstić information content (AvgIpc) is 2.76. The first-order valence-electron chi connectivity index (χ1n) is 6.16. The van der Waals surface area contributed by atoms with Gasteiger partial charge in [0, 0.05) is 19.4 Å². The molecule has 1 spiro atoms. The Balaban J connectivity index is 1.79. The predicted octanol–water partition coefficient (Wildman–Crippen LogP) is 1.21. The molecule has 16 heavy (non-hydrogen) atoms. The molecule has 0 bridgehead atoms. The molecule has 88 valence electrons. The quantitative estimate of drug-likeness (QED) is 0.704. The number of hydrogen-bond acceptors (Lipinski definition) is 3. The average molecular weight is 222 g/mol. The first-order valence-corrected chi connectivity index (χ1v) is 6.16. The maximum atomic E-state index is 12.2. The van der Waals surface area contributed by atoms with E-state index in [0.29, 0.717) is 5.92 Å². The molecule has 2 fully saturated rings. The second kappa shape index (κ2) is 3.55. The van der Waals surface area contributed by atoms with Crippen LogP contribution in [0, 0.1) is 5.92 Å². The van der Waals surface area contributed by atoms with Gasteiger partial charge in [0.05, 0.1) is 13.2 Å². The van der Waals surface area contributed by atoms with E-state index in [1.807, 2.05) is 7.05 Å². The first-order chi connectivity index (χ1) is 7.71. The van der Waals surface area contributed by atoms with Crippen LogP contribution in [0.4, 0.5) is 0 Å². The molecule has 0 aromatic heterocycles. The van der Waals surface area contributed by atoms with Gasteiger partial charge in [0.1, 0.15) is 11.4 Å². The Kier molecular flexibility index (Phi) is 2.28. The zero-order valence-corrected chi connectivity index (χ0v) is 9.74. The smallest absolute Gasteiger partial charge is 0.255 e. The normalized spacial score (nSPS) is 28.7. The second-order valence-corrected chi connectivity index (χ2v) is 5.24. The third kappa shape index (κ3) is 1.39. The Labute approximate surface area is 95.7 Å². The number of aliphatic imine (C=N–C) groups is 1. The minimum atomic E-state index is -0.366. The molecule has 0 aromatic rings. The zero-order chi connectivity index (χ0) is 11.2. The molecule has 1 saturated carbocycles. The van der Waals surface area contributed by atoms with Crippen molar-refractivity contribution in [2.45, 2.75) is 37.6 Å². The lowest BCUT2D eigenvalue weighted by Gasteiger charge is -2.27. The van der Waals surface area contributed by atoms with Gasteiger partial charge in [-0.2, -0.15) is 0 Å². The van der Waals surface area contributed by atoms with Crippen LogP contribution in [0.15, 0.2) is 4.99 Å². The van der Waals surface area contributed by atoms with Crippen LogP contribution in [0.1, 0.15) is 32.1 Å². The predicted molar refractivity (Wildman–Crippen MR) is 60.3 cm³/mol. The second-order valence-electron chi connectivity index (χ2n) is 5.24. The summed E-state index contributed by atoms with van der Waals surface area (Å²) in [6, 6.07) is 0. The van der Waals surface area contributed by atoms with Gasteiger partial charge in [-0.05, 0) is 12.8 Å². The van der Waals surface area contributed by atoms with Crippen LogP contribution >= 0.6 is 0 Å². The first kappa shape index (κ1) is 10.3. The lowest BCUT2D eigenvalue weighted by Crippen LogP contribution is -2.40. The summed E-state index contributed by atoms with van der Waals surface area (Å²) in [6.07, 6.45) is 5.08. The summed E-state index contributed by atoms with van der Waals surface area (Å²) in [4.78, 5) is 18.7. The van der Waals surface area contributed by atoms with E-state index in [-0.39, 0.29) is 11.4 Å². The maximum Gasteiger partial charge on any atom is 0.255 e. The highest BCUT2D eigenvalue weighted by molar-refractivity contribution is 6.08. The van der Waals surface area contributed by atoms with Gasteiger partial charge in [-0.25, -0.2) is 0 Å². The van der Waals surface area contributed by atoms with Gasteiger partial charge in [-0.3, -0.25) is 9.79 Å². The van der Waals surface area contributed by atoms with Crippen molar-refractivity contribution in [3.8, 4) is 0 Å². The lowest BCUT2D eigenvalue weighted by molar-refractivity contribution is -0.130. The van der Waals surface area contributed by atoms with Gasteiger partial charge < -0.3 is 9.64 Å². The summed E-state index contributed by atoms with van der Waals surface area (Å²) < 4.78 is 5.17. The third-order valence-corrected chi connectivity index (χ3v) is 4.04. The monoisotopic (exact) mass is 222 g/mol. The van der Waals surface area contributed by atoms with Crippen LogP contribution in [0.25, 0.3) is 0 Å². The van der Waals surface area contributed by atoms with E-state index in [0.717, 1.165) is 51.2 Å². The highest BCUT2D eigenvalue weighted by Crippen LogP contribution is 2.39. The van der Waals surface area contributed by atoms with Gasteiger partial charge in [-0.1, -0.05) is 12.8 Å². The third-order valence-electron chi connectivity index (χ3n) is 4.04. The van der Waals surface area contributed by atoms with Crippen LogP contribution in [0.2, 0.25) is 0 Å². The zero-order valence-electron chi connectivity index (χ0n) is 9.74. The minimum Gasteiger partial charge on any atom is -0.381 e. The molecule has 0 N–H and O–H groups in total. The number of rotatable bonds is 2. The van der Waals surface area contributed by atoms with Crippen molar-refractivity contribution in [3.05, 3.63) is 0 Å². The summed E-state index contributed by atoms with van der Waals surface area (Å²) in [7, 11) is 1.87. The van der Waals surface area contributed by atoms with Crippen molar-refractivity contribution in [3.63, 3.8) is 0 Å². The summed E-state index contributed by atoms with van der Waals surface area (Å²) in [5.41, 5.74) is -0.366. The van der Waals surface area contributed by atoms with Crippen molar-refractivity contribution in [1.82, 2.24) is 4.90 Å². The number of hydrogen-bond donors (Lipinski definition) is 0. The van der Waals surface area contributed by atoms with Crippen molar-refractivity contribution in [2.75, 3.05) is 20.3 Å². The highest BCUT2D eigenvalue weighted by atomic mass is 16.5. The molecule has 0 radical (unpaired) electrons. The Hall–Kier alpha value is -0.900. The van der Waals surface area contributed by atoms with E-state index >= 15 is 0 Å². The highest BCUT2D eigenvalue weighted by Gasteiger charge is 2.48. The van der Waals surface area contributed by atoms with Crippen LogP contribution in [0.5, 0.6) is 0 Å². The van der Waals surface area contributed by atoms with Crippen molar-refractivity contribution >= 4 is 11.7 Å². The van der Waals surface area contributed by atoms with Gasteiger partial charge in [0.25, 0.3) is 5.91 Å². The molecule has 0 unspecified atom stereocenters. The molecule has 3 aliphatic rings. The van der Waals surface area contributed by atoms with E-state index in [1.54, 1.807) is 4.90 Å². The minimum absolute atomic E-state index is 0.222. The molecule has 3 rings (SSSR count). The molecule has 0 aromatic carbocycles. The molecule has 1 amide bonds. The molecular formula is C12H18N2O2. The summed E-state index contributed by atoms with van der Waals surface area (Å²) in [5.74, 6) is 1.78. The number of likely N-dealkylation sites (N-methyl/N-ethyl adjacent to an activating group) is 1. The van der Waals surface area contributed by atoms with Gasteiger partial charge in [-0.15, -0.1) is 0 Å². The Morgan fingerprint density at radius 2 is 2.12 bits per heavy atom. The fraction of sp³-hybridized carbons (Fsp3) is 0.833. The van der Waals surface area contributed by atoms with E-state index < -0.39 is 0 Å². The molecule has 2 heterocycles. The Bertz CT molecular complexity index is 341. The van der Waals surface area contributed by atoms with Crippen molar-refractivity contribution in [2.24, 2.45) is 10.9 Å². The molecule has 2 aliphatic heterocycles. The van der Waals surface area contributed by atoms with Gasteiger partial charge in [0.2, 0.25) is 0 Å². The van der Waals surface area contributed by atoms with E-state index in [2.05, 4.69) is 0 Å². The number of carbonyl (C=O) groups excluding carboxylic acids is 1. The summed E-state index contributed by atoms with van der Waals surface area (Å²) in [6.45, 7) is 1.65. The summed E-state index contributed by atoms with van der Waals surface area (Å²) in [5, 5.41) is 0. The van der Waals surface area contributed by atoms with Gasteiger partial charge >= 0.3 is 0 Å². The SMILES string of the molecule is CN1C(=O)C2(CCCC2)N=C1CC1COC1. The molecule has 0 atom stereocenters. The summed E-state index contributed by atoms with van der Waals surface area (Å²) >= 11 is 0. The number of ether oxygens (including phenoxy) is 1. The van der Waals surface area contributed by atoms with Gasteiger partial charge in [0.15, 0.2) is 0 Å². The van der Waals surface area contributed by atoms with Crippen molar-refractivity contribution in [1.29, 1.82) is 0 Å². The topological polar surface area (TPSA) is 41.9 Å². The van der Waals surface area contributed by atoms with Crippen molar-refractivity contribution < 1.29 is 9.53 Å². The Morgan fingerprint density at radius 3 is 2.69 bits per heavy atom. The van der Waals surface area contributed by atoms with Crippen LogP contribution in [0.3, 0.4) is 0 Å². The fourth-order valence-electron chi connectivity index (χ4n) is 2.93. The van der Waals surface area contributed by atoms with E-state index in [9.17, 15) is 4.79 Å². The number of nitrogens with zero attached hydrogens (tertiary/aromatic N) is 2. The number of amidine groups is 1. The van der Waals surface area contributed by atoms with Crippen LogP contribution < -0.4 is 0 Å². The van der Waals surface area contributed by atoms with E-state index in [4.69, 9.17) is 9.73 Å². The largest absolute Gasteiger partial charge is 0.381 e.